The number of hydrogen-bond donors (Lipinski definition) is 2. The molecule has 0 heterocycles. The summed E-state index contributed by atoms with van der Waals surface area (Å²) in [4.78, 5) is 14.1. The van der Waals surface area contributed by atoms with E-state index in [2.05, 4.69) is 36.4 Å². The fourth-order valence-electron chi connectivity index (χ4n) is 1.84. The van der Waals surface area contributed by atoms with E-state index < -0.39 is 0 Å². The maximum atomic E-state index is 11.7. The summed E-state index contributed by atoms with van der Waals surface area (Å²) in [5, 5.41) is 6.59. The minimum Gasteiger partial charge on any atom is -0.325 e. The van der Waals surface area contributed by atoms with E-state index in [1.807, 2.05) is 12.1 Å². The van der Waals surface area contributed by atoms with E-state index in [1.165, 1.54) is 0 Å². The van der Waals surface area contributed by atoms with Gasteiger partial charge in [-0.2, -0.15) is 0 Å². The van der Waals surface area contributed by atoms with Crippen LogP contribution in [0.5, 0.6) is 0 Å². The first-order chi connectivity index (χ1) is 9.99. The van der Waals surface area contributed by atoms with Crippen molar-refractivity contribution in [3.05, 3.63) is 29.3 Å². The summed E-state index contributed by atoms with van der Waals surface area (Å²) in [6.45, 7) is 6.66. The molecule has 0 aromatic heterocycles. The van der Waals surface area contributed by atoms with Gasteiger partial charge in [-0.1, -0.05) is 17.7 Å². The molecule has 1 amide bonds. The molecule has 0 atom stereocenters. The highest BCUT2D eigenvalue weighted by molar-refractivity contribution is 6.30. The zero-order valence-corrected chi connectivity index (χ0v) is 13.9. The summed E-state index contributed by atoms with van der Waals surface area (Å²) in [5.74, 6) is -0.0448. The fourth-order valence-corrected chi connectivity index (χ4v) is 2.03. The Labute approximate surface area is 132 Å². The minimum absolute atomic E-state index is 0.0448. The number of benzene rings is 1. The zero-order chi connectivity index (χ0) is 15.7. The summed E-state index contributed by atoms with van der Waals surface area (Å²) < 4.78 is 0. The van der Waals surface area contributed by atoms with E-state index in [9.17, 15) is 4.79 Å². The third-order valence-electron chi connectivity index (χ3n) is 3.39. The van der Waals surface area contributed by atoms with Crippen LogP contribution in [0.15, 0.2) is 24.3 Å². The molecule has 0 fully saturated rings. The molecule has 0 aliphatic carbocycles. The number of carbonyl (C=O) groups is 1. The van der Waals surface area contributed by atoms with Gasteiger partial charge in [-0.05, 0) is 65.0 Å². The Morgan fingerprint density at radius 1 is 1.33 bits per heavy atom. The van der Waals surface area contributed by atoms with Gasteiger partial charge in [0.05, 0.1) is 6.54 Å². The number of hydrogen-bond acceptors (Lipinski definition) is 3. The molecule has 0 unspecified atom stereocenters. The molecule has 0 radical (unpaired) electrons. The fraction of sp³-hybridized carbons (Fsp3) is 0.562. The van der Waals surface area contributed by atoms with Gasteiger partial charge in [0.1, 0.15) is 0 Å². The van der Waals surface area contributed by atoms with Gasteiger partial charge in [-0.25, -0.2) is 0 Å². The van der Waals surface area contributed by atoms with Gasteiger partial charge in [-0.3, -0.25) is 4.79 Å². The zero-order valence-electron chi connectivity index (χ0n) is 13.2. The first-order valence-electron chi connectivity index (χ1n) is 7.45. The Kier molecular flexibility index (Phi) is 8.35. The summed E-state index contributed by atoms with van der Waals surface area (Å²) in [6.07, 6.45) is 2.21. The van der Waals surface area contributed by atoms with Gasteiger partial charge in [0, 0.05) is 16.8 Å². The summed E-state index contributed by atoms with van der Waals surface area (Å²) in [5.41, 5.74) is 0.729. The van der Waals surface area contributed by atoms with Crippen LogP contribution in [0.2, 0.25) is 5.02 Å². The van der Waals surface area contributed by atoms with Crippen molar-refractivity contribution in [3.63, 3.8) is 0 Å². The van der Waals surface area contributed by atoms with Crippen LogP contribution in [0.4, 0.5) is 5.69 Å². The van der Waals surface area contributed by atoms with Crippen LogP contribution in [-0.4, -0.2) is 43.5 Å². The number of anilines is 1. The first-order valence-corrected chi connectivity index (χ1v) is 7.83. The van der Waals surface area contributed by atoms with E-state index in [1.54, 1.807) is 12.1 Å². The van der Waals surface area contributed by atoms with Crippen molar-refractivity contribution in [2.75, 3.05) is 32.0 Å². The van der Waals surface area contributed by atoms with Gasteiger partial charge >= 0.3 is 0 Å². The predicted octanol–water partition coefficient (Wildman–Crippen LogP) is 2.99. The number of halogens is 1. The molecule has 0 saturated heterocycles. The SMILES string of the molecule is CC(C)N(C)CCCCNCC(=O)Nc1cccc(Cl)c1. The number of unbranched alkanes of at least 4 members (excludes halogenated alkanes) is 1. The number of nitrogens with zero attached hydrogens (tertiary/aromatic N) is 1. The molecule has 0 saturated carbocycles. The van der Waals surface area contributed by atoms with Crippen LogP contribution in [0.3, 0.4) is 0 Å². The highest BCUT2D eigenvalue weighted by Crippen LogP contribution is 2.14. The smallest absolute Gasteiger partial charge is 0.238 e. The Morgan fingerprint density at radius 2 is 2.10 bits per heavy atom. The lowest BCUT2D eigenvalue weighted by atomic mass is 10.2. The Morgan fingerprint density at radius 3 is 2.76 bits per heavy atom. The van der Waals surface area contributed by atoms with Crippen LogP contribution < -0.4 is 10.6 Å². The topological polar surface area (TPSA) is 44.4 Å². The summed E-state index contributed by atoms with van der Waals surface area (Å²) >= 11 is 5.87. The van der Waals surface area contributed by atoms with Crippen molar-refractivity contribution >= 4 is 23.2 Å². The second kappa shape index (κ2) is 9.77. The maximum Gasteiger partial charge on any atom is 0.238 e. The molecule has 118 valence electrons. The van der Waals surface area contributed by atoms with Crippen LogP contribution in [0, 0.1) is 0 Å². The first kappa shape index (κ1) is 18.0. The molecule has 0 aliphatic rings. The molecule has 21 heavy (non-hydrogen) atoms. The van der Waals surface area contributed by atoms with E-state index >= 15 is 0 Å². The highest BCUT2D eigenvalue weighted by Gasteiger charge is 2.03. The molecule has 0 bridgehead atoms. The molecule has 2 N–H and O–H groups in total. The molecular weight excluding hydrogens is 286 g/mol. The molecular formula is C16H26ClN3O. The van der Waals surface area contributed by atoms with Gasteiger partial charge in [0.25, 0.3) is 0 Å². The van der Waals surface area contributed by atoms with E-state index in [0.29, 0.717) is 17.6 Å². The Hall–Kier alpha value is -1.10. The van der Waals surface area contributed by atoms with Crippen molar-refractivity contribution in [1.29, 1.82) is 0 Å². The molecule has 0 aliphatic heterocycles. The van der Waals surface area contributed by atoms with Gasteiger partial charge in [0.15, 0.2) is 0 Å². The molecule has 1 rings (SSSR count). The Bertz CT molecular complexity index is 437. The van der Waals surface area contributed by atoms with Crippen LogP contribution in [0.1, 0.15) is 26.7 Å². The van der Waals surface area contributed by atoms with E-state index in [-0.39, 0.29) is 5.91 Å². The van der Waals surface area contributed by atoms with Crippen LogP contribution in [-0.2, 0) is 4.79 Å². The quantitative estimate of drug-likeness (QED) is 0.689. The lowest BCUT2D eigenvalue weighted by molar-refractivity contribution is -0.115. The maximum absolute atomic E-state index is 11.7. The third kappa shape index (κ3) is 8.05. The normalized spacial score (nSPS) is 11.1. The number of rotatable bonds is 9. The average Bonchev–Trinajstić information content (AvgIpc) is 2.42. The minimum atomic E-state index is -0.0448. The monoisotopic (exact) mass is 311 g/mol. The van der Waals surface area contributed by atoms with Gasteiger partial charge < -0.3 is 15.5 Å². The summed E-state index contributed by atoms with van der Waals surface area (Å²) in [6, 6.07) is 7.74. The molecule has 5 heteroatoms. The lowest BCUT2D eigenvalue weighted by Crippen LogP contribution is -2.30. The Balaban J connectivity index is 2.09. The van der Waals surface area contributed by atoms with Crippen LogP contribution >= 0.6 is 11.6 Å². The van der Waals surface area contributed by atoms with Crippen molar-refractivity contribution in [1.82, 2.24) is 10.2 Å². The molecule has 1 aromatic rings. The molecule has 1 aromatic carbocycles. The predicted molar refractivity (Wildman–Crippen MR) is 90.0 cm³/mol. The van der Waals surface area contributed by atoms with Gasteiger partial charge in [-0.15, -0.1) is 0 Å². The van der Waals surface area contributed by atoms with Crippen molar-refractivity contribution in [3.8, 4) is 0 Å². The highest BCUT2D eigenvalue weighted by atomic mass is 35.5. The van der Waals surface area contributed by atoms with Gasteiger partial charge in [0.2, 0.25) is 5.91 Å². The molecule has 0 spiro atoms. The van der Waals surface area contributed by atoms with Crippen molar-refractivity contribution in [2.45, 2.75) is 32.7 Å². The number of nitrogens with one attached hydrogen (secondary N) is 2. The van der Waals surface area contributed by atoms with E-state index in [0.717, 1.165) is 31.6 Å². The number of carbonyl (C=O) groups excluding carboxylic acids is 1. The van der Waals surface area contributed by atoms with Crippen LogP contribution in [0.25, 0.3) is 0 Å². The number of amides is 1. The average molecular weight is 312 g/mol. The second-order valence-corrected chi connectivity index (χ2v) is 5.95. The molecule has 4 nitrogen and oxygen atoms in total. The summed E-state index contributed by atoms with van der Waals surface area (Å²) in [7, 11) is 2.14. The standard InChI is InChI=1S/C16H26ClN3O/c1-13(2)20(3)10-5-4-9-18-12-16(21)19-15-8-6-7-14(17)11-15/h6-8,11,13,18H,4-5,9-10,12H2,1-3H3,(H,19,21). The van der Waals surface area contributed by atoms with E-state index in [4.69, 9.17) is 11.6 Å². The second-order valence-electron chi connectivity index (χ2n) is 5.52. The van der Waals surface area contributed by atoms with Crippen molar-refractivity contribution in [2.24, 2.45) is 0 Å². The van der Waals surface area contributed by atoms with Crippen molar-refractivity contribution < 1.29 is 4.79 Å². The lowest BCUT2D eigenvalue weighted by Gasteiger charge is -2.20. The third-order valence-corrected chi connectivity index (χ3v) is 3.62. The largest absolute Gasteiger partial charge is 0.325 e.